The van der Waals surface area contributed by atoms with Gasteiger partial charge in [0.2, 0.25) is 11.8 Å². The largest absolute Gasteiger partial charge is 0.436 e. The molecule has 4 N–H and O–H groups in total. The van der Waals surface area contributed by atoms with Gasteiger partial charge in [-0.1, -0.05) is 23.2 Å². The maximum absolute atomic E-state index is 5.98. The third-order valence-corrected chi connectivity index (χ3v) is 3.24. The van der Waals surface area contributed by atoms with Crippen molar-refractivity contribution in [2.45, 2.75) is 0 Å². The molecule has 2 aromatic rings. The van der Waals surface area contributed by atoms with Gasteiger partial charge in [-0.15, -0.1) is 0 Å². The van der Waals surface area contributed by atoms with Crippen LogP contribution in [-0.4, -0.2) is 9.97 Å². The van der Waals surface area contributed by atoms with E-state index in [1.54, 1.807) is 18.2 Å². The molecule has 0 saturated carbocycles. The summed E-state index contributed by atoms with van der Waals surface area (Å²) in [4.78, 5) is 7.69. The van der Waals surface area contributed by atoms with Crippen molar-refractivity contribution in [3.8, 4) is 11.6 Å². The first-order chi connectivity index (χ1) is 8.47. The summed E-state index contributed by atoms with van der Waals surface area (Å²) in [6.45, 7) is 0. The summed E-state index contributed by atoms with van der Waals surface area (Å²) in [6.07, 6.45) is 0. The van der Waals surface area contributed by atoms with Crippen molar-refractivity contribution in [2.24, 2.45) is 0 Å². The van der Waals surface area contributed by atoms with Crippen LogP contribution in [0.5, 0.6) is 11.6 Å². The number of hydrogen-bond donors (Lipinski definition) is 2. The molecule has 0 aliphatic heterocycles. The molecule has 18 heavy (non-hydrogen) atoms. The summed E-state index contributed by atoms with van der Waals surface area (Å²) >= 11 is 15.0. The normalized spacial score (nSPS) is 10.4. The predicted molar refractivity (Wildman–Crippen MR) is 75.1 cm³/mol. The van der Waals surface area contributed by atoms with E-state index in [2.05, 4.69) is 25.9 Å². The lowest BCUT2D eigenvalue weighted by Crippen LogP contribution is -2.02. The van der Waals surface area contributed by atoms with Gasteiger partial charge in [-0.3, -0.25) is 0 Å². The minimum absolute atomic E-state index is 0.00999. The summed E-state index contributed by atoms with van der Waals surface area (Å²) in [6, 6.07) is 4.82. The Bertz CT molecular complexity index is 609. The van der Waals surface area contributed by atoms with Crippen LogP contribution in [-0.2, 0) is 0 Å². The van der Waals surface area contributed by atoms with Crippen molar-refractivity contribution in [2.75, 3.05) is 11.5 Å². The van der Waals surface area contributed by atoms with Gasteiger partial charge in [-0.2, -0.15) is 9.97 Å². The van der Waals surface area contributed by atoms with Crippen LogP contribution in [0.25, 0.3) is 0 Å². The lowest BCUT2D eigenvalue weighted by molar-refractivity contribution is 0.460. The number of hydrogen-bond acceptors (Lipinski definition) is 5. The van der Waals surface area contributed by atoms with Gasteiger partial charge in [0.15, 0.2) is 0 Å². The molecule has 0 aliphatic carbocycles. The summed E-state index contributed by atoms with van der Waals surface area (Å²) in [7, 11) is 0. The number of aromatic nitrogens is 2. The highest BCUT2D eigenvalue weighted by atomic mass is 79.9. The molecule has 0 radical (unpaired) electrons. The molecule has 0 saturated heterocycles. The highest BCUT2D eigenvalue weighted by Gasteiger charge is 2.12. The Morgan fingerprint density at radius 2 is 1.89 bits per heavy atom. The molecular weight excluding hydrogens is 343 g/mol. The van der Waals surface area contributed by atoms with Gasteiger partial charge in [0, 0.05) is 5.02 Å². The zero-order valence-electron chi connectivity index (χ0n) is 8.82. The van der Waals surface area contributed by atoms with Gasteiger partial charge in [0.25, 0.3) is 0 Å². The third-order valence-electron chi connectivity index (χ3n) is 1.96. The highest BCUT2D eigenvalue weighted by molar-refractivity contribution is 9.10. The van der Waals surface area contributed by atoms with E-state index in [1.165, 1.54) is 0 Å². The Labute approximate surface area is 121 Å². The van der Waals surface area contributed by atoms with E-state index in [0.717, 1.165) is 0 Å². The Morgan fingerprint density at radius 3 is 2.56 bits per heavy atom. The van der Waals surface area contributed by atoms with Gasteiger partial charge < -0.3 is 16.2 Å². The molecule has 0 aliphatic rings. The van der Waals surface area contributed by atoms with Gasteiger partial charge >= 0.3 is 0 Å². The Balaban J connectivity index is 2.40. The van der Waals surface area contributed by atoms with E-state index in [4.69, 9.17) is 39.4 Å². The number of anilines is 2. The van der Waals surface area contributed by atoms with Gasteiger partial charge in [-0.05, 0) is 34.1 Å². The highest BCUT2D eigenvalue weighted by Crippen LogP contribution is 2.35. The zero-order chi connectivity index (χ0) is 13.3. The van der Waals surface area contributed by atoms with Crippen molar-refractivity contribution >= 4 is 50.9 Å². The fraction of sp³-hybridized carbons (Fsp3) is 0. The predicted octanol–water partition coefficient (Wildman–Crippen LogP) is 3.50. The summed E-state index contributed by atoms with van der Waals surface area (Å²) in [5.74, 6) is 0.766. The molecule has 1 heterocycles. The minimum Gasteiger partial charge on any atom is -0.436 e. The Kier molecular flexibility index (Phi) is 3.79. The maximum atomic E-state index is 5.98. The van der Waals surface area contributed by atoms with Crippen molar-refractivity contribution in [1.29, 1.82) is 0 Å². The van der Waals surface area contributed by atoms with Crippen LogP contribution in [0.2, 0.25) is 10.0 Å². The lowest BCUT2D eigenvalue weighted by atomic mass is 10.3. The summed E-state index contributed by atoms with van der Waals surface area (Å²) in [5, 5.41) is 0.860. The zero-order valence-corrected chi connectivity index (χ0v) is 11.9. The number of benzene rings is 1. The average molecular weight is 350 g/mol. The summed E-state index contributed by atoms with van der Waals surface area (Å²) in [5.41, 5.74) is 11.1. The minimum atomic E-state index is 0.00999. The molecule has 0 spiro atoms. The number of ether oxygens (including phenoxy) is 1. The topological polar surface area (TPSA) is 87.0 Å². The van der Waals surface area contributed by atoms with E-state index >= 15 is 0 Å². The van der Waals surface area contributed by atoms with Crippen LogP contribution in [0.15, 0.2) is 22.7 Å². The van der Waals surface area contributed by atoms with Gasteiger partial charge in [-0.25, -0.2) is 0 Å². The first kappa shape index (κ1) is 13.2. The van der Waals surface area contributed by atoms with Crippen LogP contribution in [0.3, 0.4) is 0 Å². The maximum Gasteiger partial charge on any atom is 0.240 e. The van der Waals surface area contributed by atoms with Crippen molar-refractivity contribution in [3.63, 3.8) is 0 Å². The molecule has 2 rings (SSSR count). The molecule has 0 amide bonds. The van der Waals surface area contributed by atoms with Crippen molar-refractivity contribution < 1.29 is 4.74 Å². The molecule has 1 aromatic heterocycles. The van der Waals surface area contributed by atoms with Crippen LogP contribution in [0.4, 0.5) is 11.8 Å². The Morgan fingerprint density at radius 1 is 1.17 bits per heavy atom. The molecule has 94 valence electrons. The molecule has 0 unspecified atom stereocenters. The second-order valence-corrected chi connectivity index (χ2v) is 4.90. The first-order valence-corrected chi connectivity index (χ1v) is 6.23. The average Bonchev–Trinajstić information content (AvgIpc) is 2.29. The summed E-state index contributed by atoms with van der Waals surface area (Å²) < 4.78 is 5.91. The molecule has 8 heteroatoms. The lowest BCUT2D eigenvalue weighted by Gasteiger charge is -2.09. The van der Waals surface area contributed by atoms with Gasteiger partial charge in [0.05, 0.1) is 5.02 Å². The van der Waals surface area contributed by atoms with Crippen molar-refractivity contribution in [3.05, 3.63) is 32.7 Å². The second kappa shape index (κ2) is 5.17. The molecular formula is C10H7BrCl2N4O. The molecule has 0 atom stereocenters. The van der Waals surface area contributed by atoms with E-state index < -0.39 is 0 Å². The SMILES string of the molecule is Nc1nc(N)c(Br)c(Oc2ccc(Cl)cc2Cl)n1. The van der Waals surface area contributed by atoms with E-state index in [0.29, 0.717) is 20.3 Å². The molecule has 0 bridgehead atoms. The van der Waals surface area contributed by atoms with E-state index in [9.17, 15) is 0 Å². The quantitative estimate of drug-likeness (QED) is 0.866. The molecule has 0 fully saturated rings. The van der Waals surface area contributed by atoms with Crippen LogP contribution >= 0.6 is 39.1 Å². The monoisotopic (exact) mass is 348 g/mol. The number of halogens is 3. The second-order valence-electron chi connectivity index (χ2n) is 3.26. The number of rotatable bonds is 2. The smallest absolute Gasteiger partial charge is 0.240 e. The standard InChI is InChI=1S/C10H7BrCl2N4O/c11-7-8(14)16-10(15)17-9(7)18-6-2-1-4(12)3-5(6)13/h1-3H,(H4,14,15,16,17). The van der Waals surface area contributed by atoms with Crippen LogP contribution < -0.4 is 16.2 Å². The van der Waals surface area contributed by atoms with Crippen LogP contribution in [0.1, 0.15) is 0 Å². The fourth-order valence-corrected chi connectivity index (χ4v) is 1.90. The number of nitrogens with two attached hydrogens (primary N) is 2. The number of nitrogens with zero attached hydrogens (tertiary/aromatic N) is 2. The first-order valence-electron chi connectivity index (χ1n) is 4.69. The van der Waals surface area contributed by atoms with Crippen molar-refractivity contribution in [1.82, 2.24) is 9.97 Å². The van der Waals surface area contributed by atoms with E-state index in [1.807, 2.05) is 0 Å². The Hall–Kier alpha value is -1.24. The third kappa shape index (κ3) is 2.77. The van der Waals surface area contributed by atoms with Gasteiger partial charge in [0.1, 0.15) is 16.0 Å². The fourth-order valence-electron chi connectivity index (χ4n) is 1.19. The van der Waals surface area contributed by atoms with Crippen LogP contribution in [0, 0.1) is 0 Å². The molecule has 1 aromatic carbocycles. The van der Waals surface area contributed by atoms with E-state index in [-0.39, 0.29) is 17.6 Å². The molecule has 5 nitrogen and oxygen atoms in total. The number of nitrogen functional groups attached to an aromatic ring is 2.